The first kappa shape index (κ1) is 23.3. The maximum atomic E-state index is 6.44. The van der Waals surface area contributed by atoms with E-state index < -0.39 is 0 Å². The van der Waals surface area contributed by atoms with E-state index in [1.807, 2.05) is 31.3 Å². The predicted octanol–water partition coefficient (Wildman–Crippen LogP) is 6.01. The number of nitrogens with one attached hydrogen (secondary N) is 1. The average Bonchev–Trinajstić information content (AvgIpc) is 2.83. The molecular formula is C27H34NO2P. The Labute approximate surface area is 189 Å². The van der Waals surface area contributed by atoms with Crippen LogP contribution in [0.3, 0.4) is 0 Å². The van der Waals surface area contributed by atoms with Crippen LogP contribution in [0.15, 0.2) is 72.8 Å². The van der Waals surface area contributed by atoms with Crippen molar-refractivity contribution in [2.45, 2.75) is 45.0 Å². The molecule has 0 spiro atoms. The predicted molar refractivity (Wildman–Crippen MR) is 133 cm³/mol. The molecule has 164 valence electrons. The van der Waals surface area contributed by atoms with E-state index in [2.05, 4.69) is 67.7 Å². The molecule has 0 aliphatic carbocycles. The van der Waals surface area contributed by atoms with Crippen LogP contribution in [0.4, 0.5) is 0 Å². The van der Waals surface area contributed by atoms with Gasteiger partial charge in [0.2, 0.25) is 0 Å². The molecule has 0 saturated carbocycles. The summed E-state index contributed by atoms with van der Waals surface area (Å²) in [6.07, 6.45) is 2.06. The monoisotopic (exact) mass is 435 g/mol. The molecular weight excluding hydrogens is 401 g/mol. The second kappa shape index (κ2) is 11.3. The minimum Gasteiger partial charge on any atom is -0.493 e. The molecule has 0 aromatic heterocycles. The number of hydrogen-bond donors (Lipinski definition) is 1. The lowest BCUT2D eigenvalue weighted by Crippen LogP contribution is -2.25. The van der Waals surface area contributed by atoms with Crippen molar-refractivity contribution in [1.82, 2.24) is 5.32 Å². The van der Waals surface area contributed by atoms with Crippen molar-refractivity contribution < 1.29 is 9.47 Å². The molecule has 1 N–H and O–H groups in total. The van der Waals surface area contributed by atoms with Crippen LogP contribution in [-0.2, 0) is 18.3 Å². The summed E-state index contributed by atoms with van der Waals surface area (Å²) in [7, 11) is 4.37. The zero-order chi connectivity index (χ0) is 22.1. The summed E-state index contributed by atoms with van der Waals surface area (Å²) in [5.41, 5.74) is 3.76. The zero-order valence-corrected chi connectivity index (χ0v) is 20.1. The molecule has 0 radical (unpaired) electrons. The third kappa shape index (κ3) is 5.47. The third-order valence-electron chi connectivity index (χ3n) is 5.91. The molecule has 0 amide bonds. The topological polar surface area (TPSA) is 30.5 Å². The summed E-state index contributed by atoms with van der Waals surface area (Å²) in [5.74, 6) is 1.67. The standard InChI is InChI=1S/C27H34NO2P/c1-5-27(6-2,31-25-18-11-10-15-22(25)19-28-3)23-16-12-17-24(29-4)26(23)30-20-21-13-8-7-9-14-21/h7-18,28,31H,5-6,19-20H2,1-4H3. The SMILES string of the molecule is CCC(CC)(Pc1ccccc1CNC)c1cccc(OC)c1OCc1ccccc1. The van der Waals surface area contributed by atoms with Crippen molar-refractivity contribution in [3.05, 3.63) is 89.5 Å². The minimum atomic E-state index is -0.00952. The van der Waals surface area contributed by atoms with Crippen LogP contribution >= 0.6 is 8.58 Å². The average molecular weight is 436 g/mol. The molecule has 0 heterocycles. The van der Waals surface area contributed by atoms with Crippen molar-refractivity contribution in [2.24, 2.45) is 0 Å². The van der Waals surface area contributed by atoms with Crippen molar-refractivity contribution >= 4 is 13.9 Å². The molecule has 1 unspecified atom stereocenters. The molecule has 31 heavy (non-hydrogen) atoms. The number of hydrogen-bond acceptors (Lipinski definition) is 3. The molecule has 0 bridgehead atoms. The van der Waals surface area contributed by atoms with E-state index in [1.165, 1.54) is 16.4 Å². The van der Waals surface area contributed by atoms with Gasteiger partial charge in [-0.05, 0) is 42.4 Å². The molecule has 4 heteroatoms. The van der Waals surface area contributed by atoms with Gasteiger partial charge in [-0.25, -0.2) is 0 Å². The first-order valence-corrected chi connectivity index (χ1v) is 12.0. The van der Waals surface area contributed by atoms with E-state index in [1.54, 1.807) is 7.11 Å². The highest BCUT2D eigenvalue weighted by Crippen LogP contribution is 2.52. The maximum absolute atomic E-state index is 6.44. The smallest absolute Gasteiger partial charge is 0.165 e. The Kier molecular flexibility index (Phi) is 8.51. The van der Waals surface area contributed by atoms with Gasteiger partial charge in [0.15, 0.2) is 11.5 Å². The molecule has 3 aromatic rings. The Morgan fingerprint density at radius 2 is 1.58 bits per heavy atom. The minimum absolute atomic E-state index is 0.00952. The van der Waals surface area contributed by atoms with E-state index in [9.17, 15) is 0 Å². The van der Waals surface area contributed by atoms with Gasteiger partial charge in [-0.1, -0.05) is 89.2 Å². The van der Waals surface area contributed by atoms with Gasteiger partial charge in [-0.3, -0.25) is 0 Å². The lowest BCUT2D eigenvalue weighted by atomic mass is 9.91. The Balaban J connectivity index is 2.02. The van der Waals surface area contributed by atoms with Crippen molar-refractivity contribution in [3.63, 3.8) is 0 Å². The van der Waals surface area contributed by atoms with Crippen LogP contribution < -0.4 is 20.1 Å². The summed E-state index contributed by atoms with van der Waals surface area (Å²) >= 11 is 0. The van der Waals surface area contributed by atoms with Crippen molar-refractivity contribution in [2.75, 3.05) is 14.2 Å². The van der Waals surface area contributed by atoms with Crippen LogP contribution in [0.5, 0.6) is 11.5 Å². The third-order valence-corrected chi connectivity index (χ3v) is 8.12. The lowest BCUT2D eigenvalue weighted by Gasteiger charge is -2.35. The van der Waals surface area contributed by atoms with E-state index in [-0.39, 0.29) is 5.16 Å². The van der Waals surface area contributed by atoms with Crippen LogP contribution in [0.2, 0.25) is 0 Å². The van der Waals surface area contributed by atoms with Gasteiger partial charge in [0.1, 0.15) is 6.61 Å². The van der Waals surface area contributed by atoms with Crippen LogP contribution in [0.25, 0.3) is 0 Å². The number of benzene rings is 3. The first-order chi connectivity index (χ1) is 15.2. The fourth-order valence-corrected chi connectivity index (χ4v) is 5.76. The Morgan fingerprint density at radius 1 is 0.871 bits per heavy atom. The fourth-order valence-electron chi connectivity index (χ4n) is 4.05. The van der Waals surface area contributed by atoms with E-state index in [0.29, 0.717) is 15.2 Å². The van der Waals surface area contributed by atoms with Gasteiger partial charge < -0.3 is 14.8 Å². The second-order valence-corrected chi connectivity index (χ2v) is 9.46. The molecule has 3 aromatic carbocycles. The van der Waals surface area contributed by atoms with Crippen LogP contribution in [0.1, 0.15) is 43.4 Å². The van der Waals surface area contributed by atoms with E-state index in [0.717, 1.165) is 36.4 Å². The molecule has 0 saturated heterocycles. The van der Waals surface area contributed by atoms with Gasteiger partial charge in [-0.15, -0.1) is 0 Å². The molecule has 0 aliphatic heterocycles. The van der Waals surface area contributed by atoms with Gasteiger partial charge in [0.25, 0.3) is 0 Å². The highest BCUT2D eigenvalue weighted by Gasteiger charge is 2.34. The van der Waals surface area contributed by atoms with Crippen molar-refractivity contribution in [1.29, 1.82) is 0 Å². The zero-order valence-electron chi connectivity index (χ0n) is 19.1. The highest BCUT2D eigenvalue weighted by atomic mass is 31.1. The van der Waals surface area contributed by atoms with E-state index in [4.69, 9.17) is 9.47 Å². The molecule has 1 atom stereocenters. The van der Waals surface area contributed by atoms with Crippen molar-refractivity contribution in [3.8, 4) is 11.5 Å². The number of rotatable bonds is 11. The van der Waals surface area contributed by atoms with Gasteiger partial charge in [-0.2, -0.15) is 0 Å². The number of methoxy groups -OCH3 is 1. The van der Waals surface area contributed by atoms with Gasteiger partial charge in [0, 0.05) is 17.3 Å². The molecule has 0 aliphatic rings. The summed E-state index contributed by atoms with van der Waals surface area (Å²) in [5, 5.41) is 4.72. The molecule has 3 rings (SSSR count). The fraction of sp³-hybridized carbons (Fsp3) is 0.333. The summed E-state index contributed by atoms with van der Waals surface area (Å²) in [6.45, 7) is 5.98. The van der Waals surface area contributed by atoms with Gasteiger partial charge in [0.05, 0.1) is 7.11 Å². The number of para-hydroxylation sites is 1. The van der Waals surface area contributed by atoms with E-state index >= 15 is 0 Å². The lowest BCUT2D eigenvalue weighted by molar-refractivity contribution is 0.277. The Morgan fingerprint density at radius 3 is 2.26 bits per heavy atom. The number of ether oxygens (including phenoxy) is 2. The molecule has 0 fully saturated rings. The Hall–Kier alpha value is -2.35. The maximum Gasteiger partial charge on any atom is 0.165 e. The second-order valence-electron chi connectivity index (χ2n) is 7.71. The summed E-state index contributed by atoms with van der Waals surface area (Å²) in [6, 6.07) is 25.4. The largest absolute Gasteiger partial charge is 0.493 e. The normalized spacial score (nSPS) is 11.7. The summed E-state index contributed by atoms with van der Waals surface area (Å²) in [4.78, 5) is 0. The van der Waals surface area contributed by atoms with Crippen LogP contribution in [-0.4, -0.2) is 14.2 Å². The summed E-state index contributed by atoms with van der Waals surface area (Å²) < 4.78 is 12.2. The Bertz CT molecular complexity index is 954. The first-order valence-electron chi connectivity index (χ1n) is 11.0. The quantitative estimate of drug-likeness (QED) is 0.374. The van der Waals surface area contributed by atoms with Crippen LogP contribution in [0, 0.1) is 0 Å². The molecule has 3 nitrogen and oxygen atoms in total. The highest BCUT2D eigenvalue weighted by molar-refractivity contribution is 7.48. The van der Waals surface area contributed by atoms with Gasteiger partial charge >= 0.3 is 0 Å².